The van der Waals surface area contributed by atoms with E-state index in [2.05, 4.69) is 48.1 Å². The van der Waals surface area contributed by atoms with Crippen LogP contribution in [-0.2, 0) is 4.79 Å². The minimum atomic E-state index is -0.158. The third-order valence-corrected chi connectivity index (χ3v) is 7.60. The number of nitrogens with one attached hydrogen (secondary N) is 1. The number of hydrogen-bond acceptors (Lipinski definition) is 5. The van der Waals surface area contributed by atoms with Crippen LogP contribution in [0.15, 0.2) is 12.1 Å². The minimum absolute atomic E-state index is 0.0712. The molecule has 0 unspecified atom stereocenters. The van der Waals surface area contributed by atoms with Crippen LogP contribution in [0.4, 0.5) is 5.82 Å². The summed E-state index contributed by atoms with van der Waals surface area (Å²) >= 11 is 0. The maximum atomic E-state index is 12.9. The standard InChI is InChI=1S/C22H33N5O2/c1-21(2)18(22(21,3)4)20(29)27-13-11-26(12-14-27)17-8-7-16(24-25-17)19(28)23-10-9-15-5-6-15/h7-8,15,18H,5-6,9-14H2,1-4H3,(H,23,28). The summed E-state index contributed by atoms with van der Waals surface area (Å²) in [4.78, 5) is 29.2. The Kier molecular flexibility index (Phi) is 5.03. The van der Waals surface area contributed by atoms with Crippen molar-refractivity contribution in [1.82, 2.24) is 20.4 Å². The summed E-state index contributed by atoms with van der Waals surface area (Å²) in [6.07, 6.45) is 3.63. The van der Waals surface area contributed by atoms with Crippen molar-refractivity contribution >= 4 is 17.6 Å². The molecule has 0 bridgehead atoms. The molecule has 1 saturated heterocycles. The number of carbonyl (C=O) groups excluding carboxylic acids is 2. The number of nitrogens with zero attached hydrogens (tertiary/aromatic N) is 4. The van der Waals surface area contributed by atoms with Gasteiger partial charge in [-0.2, -0.15) is 0 Å². The van der Waals surface area contributed by atoms with Gasteiger partial charge in [0, 0.05) is 38.6 Å². The molecule has 4 rings (SSSR count). The van der Waals surface area contributed by atoms with E-state index >= 15 is 0 Å². The molecule has 7 heteroatoms. The lowest BCUT2D eigenvalue weighted by Crippen LogP contribution is -2.50. The zero-order valence-corrected chi connectivity index (χ0v) is 18.1. The van der Waals surface area contributed by atoms with E-state index in [1.807, 2.05) is 11.0 Å². The zero-order chi connectivity index (χ0) is 20.8. The highest BCUT2D eigenvalue weighted by Crippen LogP contribution is 2.68. The van der Waals surface area contributed by atoms with Crippen molar-refractivity contribution in [2.24, 2.45) is 22.7 Å². The second kappa shape index (κ2) is 7.26. The molecule has 1 N–H and O–H groups in total. The van der Waals surface area contributed by atoms with E-state index in [9.17, 15) is 9.59 Å². The number of carbonyl (C=O) groups is 2. The summed E-state index contributed by atoms with van der Waals surface area (Å²) in [5.74, 6) is 1.79. The van der Waals surface area contributed by atoms with Gasteiger partial charge in [-0.3, -0.25) is 9.59 Å². The first kappa shape index (κ1) is 20.1. The van der Waals surface area contributed by atoms with E-state index in [1.165, 1.54) is 12.8 Å². The van der Waals surface area contributed by atoms with Crippen LogP contribution in [0.2, 0.25) is 0 Å². The highest BCUT2D eigenvalue weighted by Gasteiger charge is 2.68. The maximum Gasteiger partial charge on any atom is 0.271 e. The molecule has 7 nitrogen and oxygen atoms in total. The van der Waals surface area contributed by atoms with E-state index in [0.717, 1.165) is 31.2 Å². The van der Waals surface area contributed by atoms with Gasteiger partial charge in [0.05, 0.1) is 0 Å². The molecular formula is C22H33N5O2. The van der Waals surface area contributed by atoms with Crippen LogP contribution < -0.4 is 10.2 Å². The van der Waals surface area contributed by atoms with Crippen LogP contribution in [0.1, 0.15) is 57.4 Å². The third-order valence-electron chi connectivity index (χ3n) is 7.60. The molecule has 2 amide bonds. The van der Waals surface area contributed by atoms with Crippen molar-refractivity contribution in [3.63, 3.8) is 0 Å². The van der Waals surface area contributed by atoms with Gasteiger partial charge in [-0.25, -0.2) is 0 Å². The summed E-state index contributed by atoms with van der Waals surface area (Å²) in [6.45, 7) is 12.3. The van der Waals surface area contributed by atoms with Crippen molar-refractivity contribution in [3.8, 4) is 0 Å². The Balaban J connectivity index is 1.27. The van der Waals surface area contributed by atoms with Gasteiger partial charge in [0.2, 0.25) is 5.91 Å². The number of hydrogen-bond donors (Lipinski definition) is 1. The summed E-state index contributed by atoms with van der Waals surface area (Å²) < 4.78 is 0. The van der Waals surface area contributed by atoms with Crippen LogP contribution in [0.5, 0.6) is 0 Å². The summed E-state index contributed by atoms with van der Waals surface area (Å²) in [6, 6.07) is 3.59. The molecule has 1 aromatic rings. The number of amides is 2. The smallest absolute Gasteiger partial charge is 0.271 e. The van der Waals surface area contributed by atoms with Gasteiger partial charge in [0.1, 0.15) is 0 Å². The molecule has 0 atom stereocenters. The predicted octanol–water partition coefficient (Wildman–Crippen LogP) is 2.34. The number of aromatic nitrogens is 2. The number of anilines is 1. The second-order valence-corrected chi connectivity index (χ2v) is 9.95. The summed E-state index contributed by atoms with van der Waals surface area (Å²) in [7, 11) is 0. The highest BCUT2D eigenvalue weighted by molar-refractivity contribution is 5.92. The van der Waals surface area contributed by atoms with Crippen molar-refractivity contribution in [2.75, 3.05) is 37.6 Å². The molecule has 158 valence electrons. The number of piperazine rings is 1. The molecule has 3 fully saturated rings. The zero-order valence-electron chi connectivity index (χ0n) is 18.1. The first-order valence-corrected chi connectivity index (χ1v) is 10.9. The average molecular weight is 400 g/mol. The fraction of sp³-hybridized carbons (Fsp3) is 0.727. The Bertz CT molecular complexity index is 763. The van der Waals surface area contributed by atoms with Crippen LogP contribution in [0, 0.1) is 22.7 Å². The lowest BCUT2D eigenvalue weighted by molar-refractivity contribution is -0.134. The Morgan fingerprint density at radius 1 is 1.03 bits per heavy atom. The first-order chi connectivity index (χ1) is 13.7. The predicted molar refractivity (Wildman–Crippen MR) is 112 cm³/mol. The second-order valence-electron chi connectivity index (χ2n) is 9.95. The molecule has 1 aromatic heterocycles. The Hall–Kier alpha value is -2.18. The van der Waals surface area contributed by atoms with Crippen LogP contribution in [0.25, 0.3) is 0 Å². The average Bonchev–Trinajstić information content (AvgIpc) is 3.58. The van der Waals surface area contributed by atoms with Gasteiger partial charge >= 0.3 is 0 Å². The van der Waals surface area contributed by atoms with Gasteiger partial charge in [-0.05, 0) is 35.3 Å². The lowest BCUT2D eigenvalue weighted by Gasteiger charge is -2.35. The normalized spacial score (nSPS) is 23.0. The van der Waals surface area contributed by atoms with E-state index in [0.29, 0.717) is 25.3 Å². The van der Waals surface area contributed by atoms with E-state index in [1.54, 1.807) is 6.07 Å². The molecule has 29 heavy (non-hydrogen) atoms. The molecular weight excluding hydrogens is 366 g/mol. The Morgan fingerprint density at radius 2 is 1.69 bits per heavy atom. The van der Waals surface area contributed by atoms with Gasteiger partial charge < -0.3 is 15.1 Å². The number of rotatable bonds is 6. The Labute approximate surface area is 173 Å². The summed E-state index contributed by atoms with van der Waals surface area (Å²) in [5.41, 5.74) is 0.500. The van der Waals surface area contributed by atoms with Crippen molar-refractivity contribution in [3.05, 3.63) is 17.8 Å². The largest absolute Gasteiger partial charge is 0.352 e. The van der Waals surface area contributed by atoms with Crippen LogP contribution >= 0.6 is 0 Å². The van der Waals surface area contributed by atoms with E-state index in [-0.39, 0.29) is 28.6 Å². The van der Waals surface area contributed by atoms with Gasteiger partial charge in [-0.1, -0.05) is 40.5 Å². The van der Waals surface area contributed by atoms with Crippen LogP contribution in [0.3, 0.4) is 0 Å². The van der Waals surface area contributed by atoms with Gasteiger partial charge in [0.15, 0.2) is 11.5 Å². The summed E-state index contributed by atoms with van der Waals surface area (Å²) in [5, 5.41) is 11.3. The molecule has 0 aromatic carbocycles. The van der Waals surface area contributed by atoms with Gasteiger partial charge in [-0.15, -0.1) is 10.2 Å². The van der Waals surface area contributed by atoms with E-state index < -0.39 is 0 Å². The van der Waals surface area contributed by atoms with Crippen LogP contribution in [-0.4, -0.2) is 59.6 Å². The highest BCUT2D eigenvalue weighted by atomic mass is 16.2. The topological polar surface area (TPSA) is 78.4 Å². The molecule has 3 aliphatic rings. The molecule has 2 saturated carbocycles. The molecule has 0 spiro atoms. The Morgan fingerprint density at radius 3 is 2.21 bits per heavy atom. The minimum Gasteiger partial charge on any atom is -0.352 e. The maximum absolute atomic E-state index is 12.9. The monoisotopic (exact) mass is 399 g/mol. The molecule has 0 radical (unpaired) electrons. The third kappa shape index (κ3) is 3.83. The first-order valence-electron chi connectivity index (χ1n) is 10.9. The van der Waals surface area contributed by atoms with Crippen molar-refractivity contribution < 1.29 is 9.59 Å². The van der Waals surface area contributed by atoms with Crippen molar-refractivity contribution in [1.29, 1.82) is 0 Å². The van der Waals surface area contributed by atoms with Crippen molar-refractivity contribution in [2.45, 2.75) is 47.0 Å². The van der Waals surface area contributed by atoms with E-state index in [4.69, 9.17) is 0 Å². The lowest BCUT2D eigenvalue weighted by atomic mass is 10.0. The quantitative estimate of drug-likeness (QED) is 0.794. The molecule has 2 heterocycles. The SMILES string of the molecule is CC1(C)C(C(=O)N2CCN(c3ccc(C(=O)NCCC4CC4)nn3)CC2)C1(C)C. The fourth-order valence-corrected chi connectivity index (χ4v) is 4.65. The van der Waals surface area contributed by atoms with Gasteiger partial charge in [0.25, 0.3) is 5.91 Å². The fourth-order valence-electron chi connectivity index (χ4n) is 4.65. The molecule has 1 aliphatic heterocycles. The molecule has 2 aliphatic carbocycles.